The third-order valence-electron chi connectivity index (χ3n) is 3.40. The molecular weight excluding hydrogens is 328 g/mol. The second-order valence-electron chi connectivity index (χ2n) is 4.99. The van der Waals surface area contributed by atoms with Gasteiger partial charge < -0.3 is 5.32 Å². The number of carbonyl (C=O) groups excluding carboxylic acids is 1. The molecule has 0 radical (unpaired) electrons. The Labute approximate surface area is 127 Å². The summed E-state index contributed by atoms with van der Waals surface area (Å²) in [6, 6.07) is 6.27. The molecule has 2 rings (SSSR count). The van der Waals surface area contributed by atoms with Crippen LogP contribution in [0.4, 0.5) is 0 Å². The molecule has 1 aliphatic rings. The van der Waals surface area contributed by atoms with Crippen molar-refractivity contribution in [2.75, 3.05) is 13.1 Å². The summed E-state index contributed by atoms with van der Waals surface area (Å²) >= 11 is 9.68. The number of nitrogens with zero attached hydrogens (tertiary/aromatic N) is 1. The second-order valence-corrected chi connectivity index (χ2v) is 6.31. The van der Waals surface area contributed by atoms with E-state index < -0.39 is 0 Å². The Morgan fingerprint density at radius 3 is 2.79 bits per heavy atom. The maximum absolute atomic E-state index is 11.0. The van der Waals surface area contributed by atoms with Crippen molar-refractivity contribution in [1.29, 1.82) is 0 Å². The molecule has 104 valence electrons. The van der Waals surface area contributed by atoms with Gasteiger partial charge in [0.15, 0.2) is 0 Å². The number of hydrogen-bond acceptors (Lipinski definition) is 2. The summed E-state index contributed by atoms with van der Waals surface area (Å²) in [5.41, 5.74) is 1.15. The van der Waals surface area contributed by atoms with Crippen LogP contribution >= 0.6 is 27.5 Å². The molecule has 1 aliphatic heterocycles. The standard InChI is InChI=1S/C14H18BrClN2O/c1-10(19)17-13-4-6-18(7-5-13)9-11-8-12(15)2-3-14(11)16/h2-3,8,13H,4-7,9H2,1H3,(H,17,19). The predicted molar refractivity (Wildman–Crippen MR) is 81.3 cm³/mol. The minimum Gasteiger partial charge on any atom is -0.354 e. The summed E-state index contributed by atoms with van der Waals surface area (Å²) in [4.78, 5) is 13.4. The van der Waals surface area contributed by atoms with Crippen LogP contribution in [0.3, 0.4) is 0 Å². The van der Waals surface area contributed by atoms with Gasteiger partial charge in [0.1, 0.15) is 0 Å². The Kier molecular flexibility index (Phi) is 5.25. The van der Waals surface area contributed by atoms with Crippen LogP contribution in [0, 0.1) is 0 Å². The van der Waals surface area contributed by atoms with Crippen molar-refractivity contribution in [2.24, 2.45) is 0 Å². The van der Waals surface area contributed by atoms with E-state index in [2.05, 4.69) is 32.2 Å². The van der Waals surface area contributed by atoms with Crippen LogP contribution in [0.1, 0.15) is 25.3 Å². The van der Waals surface area contributed by atoms with Gasteiger partial charge in [0, 0.05) is 42.1 Å². The smallest absolute Gasteiger partial charge is 0.217 e. The third-order valence-corrected chi connectivity index (χ3v) is 4.26. The van der Waals surface area contributed by atoms with E-state index in [0.29, 0.717) is 6.04 Å². The number of likely N-dealkylation sites (tertiary alicyclic amines) is 1. The quantitative estimate of drug-likeness (QED) is 0.912. The average molecular weight is 346 g/mol. The van der Waals surface area contributed by atoms with Crippen LogP contribution in [-0.2, 0) is 11.3 Å². The Balaban J connectivity index is 1.88. The highest BCUT2D eigenvalue weighted by atomic mass is 79.9. The SMILES string of the molecule is CC(=O)NC1CCN(Cc2cc(Br)ccc2Cl)CC1. The number of rotatable bonds is 3. The van der Waals surface area contributed by atoms with Gasteiger partial charge in [-0.05, 0) is 36.6 Å². The number of amides is 1. The van der Waals surface area contributed by atoms with Crippen molar-refractivity contribution < 1.29 is 4.79 Å². The summed E-state index contributed by atoms with van der Waals surface area (Å²) in [7, 11) is 0. The van der Waals surface area contributed by atoms with Crippen LogP contribution in [0.5, 0.6) is 0 Å². The van der Waals surface area contributed by atoms with E-state index in [0.717, 1.165) is 47.5 Å². The average Bonchev–Trinajstić information content (AvgIpc) is 2.35. The van der Waals surface area contributed by atoms with Crippen LogP contribution in [0.15, 0.2) is 22.7 Å². The Bertz CT molecular complexity index is 459. The van der Waals surface area contributed by atoms with Crippen LogP contribution in [0.2, 0.25) is 5.02 Å². The molecular formula is C14H18BrClN2O. The summed E-state index contributed by atoms with van der Waals surface area (Å²) in [5.74, 6) is 0.0634. The van der Waals surface area contributed by atoms with E-state index in [1.807, 2.05) is 12.1 Å². The molecule has 0 atom stereocenters. The van der Waals surface area contributed by atoms with Crippen LogP contribution in [-0.4, -0.2) is 29.9 Å². The highest BCUT2D eigenvalue weighted by Gasteiger charge is 2.20. The topological polar surface area (TPSA) is 32.3 Å². The fourth-order valence-electron chi connectivity index (χ4n) is 2.43. The zero-order chi connectivity index (χ0) is 13.8. The lowest BCUT2D eigenvalue weighted by Crippen LogP contribution is -2.43. The molecule has 1 saturated heterocycles. The van der Waals surface area contributed by atoms with Gasteiger partial charge in [0.2, 0.25) is 5.91 Å². The number of halogens is 2. The number of nitrogens with one attached hydrogen (secondary N) is 1. The maximum atomic E-state index is 11.0. The van der Waals surface area contributed by atoms with Crippen LogP contribution < -0.4 is 5.32 Å². The van der Waals surface area contributed by atoms with E-state index >= 15 is 0 Å². The fourth-order valence-corrected chi connectivity index (χ4v) is 3.01. The normalized spacial score (nSPS) is 17.4. The lowest BCUT2D eigenvalue weighted by Gasteiger charge is -2.32. The Hall–Kier alpha value is -0.580. The van der Waals surface area contributed by atoms with E-state index in [1.165, 1.54) is 0 Å². The van der Waals surface area contributed by atoms with Gasteiger partial charge in [-0.2, -0.15) is 0 Å². The molecule has 0 bridgehead atoms. The van der Waals surface area contributed by atoms with Crippen molar-refractivity contribution in [3.8, 4) is 0 Å². The number of carbonyl (C=O) groups is 1. The lowest BCUT2D eigenvalue weighted by atomic mass is 10.0. The highest BCUT2D eigenvalue weighted by molar-refractivity contribution is 9.10. The van der Waals surface area contributed by atoms with E-state index in [1.54, 1.807) is 6.92 Å². The molecule has 1 amide bonds. The zero-order valence-corrected chi connectivity index (χ0v) is 13.3. The first kappa shape index (κ1) is 14.8. The van der Waals surface area contributed by atoms with Gasteiger partial charge in [0.25, 0.3) is 0 Å². The lowest BCUT2D eigenvalue weighted by molar-refractivity contribution is -0.119. The number of benzene rings is 1. The van der Waals surface area contributed by atoms with Crippen LogP contribution in [0.25, 0.3) is 0 Å². The van der Waals surface area contributed by atoms with E-state index in [4.69, 9.17) is 11.6 Å². The zero-order valence-electron chi connectivity index (χ0n) is 11.0. The second kappa shape index (κ2) is 6.73. The molecule has 19 heavy (non-hydrogen) atoms. The molecule has 1 aromatic rings. The van der Waals surface area contributed by atoms with Gasteiger partial charge in [-0.1, -0.05) is 27.5 Å². The molecule has 1 fully saturated rings. The summed E-state index contributed by atoms with van der Waals surface area (Å²) in [5, 5.41) is 3.80. The third kappa shape index (κ3) is 4.48. The summed E-state index contributed by atoms with van der Waals surface area (Å²) in [6.45, 7) is 4.43. The van der Waals surface area contributed by atoms with Gasteiger partial charge in [-0.25, -0.2) is 0 Å². The highest BCUT2D eigenvalue weighted by Crippen LogP contribution is 2.23. The largest absolute Gasteiger partial charge is 0.354 e. The van der Waals surface area contributed by atoms with Gasteiger partial charge in [0.05, 0.1) is 0 Å². The number of piperidine rings is 1. The molecule has 1 heterocycles. The van der Waals surface area contributed by atoms with Gasteiger partial charge in [-0.15, -0.1) is 0 Å². The first-order valence-electron chi connectivity index (χ1n) is 6.48. The Morgan fingerprint density at radius 2 is 2.16 bits per heavy atom. The van der Waals surface area contributed by atoms with Crippen molar-refractivity contribution in [2.45, 2.75) is 32.4 Å². The minimum absolute atomic E-state index is 0.0634. The summed E-state index contributed by atoms with van der Waals surface area (Å²) in [6.07, 6.45) is 2.01. The molecule has 3 nitrogen and oxygen atoms in total. The van der Waals surface area contributed by atoms with Crippen molar-refractivity contribution in [3.63, 3.8) is 0 Å². The minimum atomic E-state index is 0.0634. The first-order chi connectivity index (χ1) is 9.04. The summed E-state index contributed by atoms with van der Waals surface area (Å²) < 4.78 is 1.06. The maximum Gasteiger partial charge on any atom is 0.217 e. The Morgan fingerprint density at radius 1 is 1.47 bits per heavy atom. The van der Waals surface area contributed by atoms with Crippen molar-refractivity contribution in [3.05, 3.63) is 33.3 Å². The van der Waals surface area contributed by atoms with Crippen molar-refractivity contribution >= 4 is 33.4 Å². The predicted octanol–water partition coefficient (Wildman–Crippen LogP) is 3.20. The van der Waals surface area contributed by atoms with Gasteiger partial charge in [-0.3, -0.25) is 9.69 Å². The van der Waals surface area contributed by atoms with E-state index in [9.17, 15) is 4.79 Å². The molecule has 0 unspecified atom stereocenters. The molecule has 0 aliphatic carbocycles. The molecule has 1 N–H and O–H groups in total. The monoisotopic (exact) mass is 344 g/mol. The van der Waals surface area contributed by atoms with Gasteiger partial charge >= 0.3 is 0 Å². The first-order valence-corrected chi connectivity index (χ1v) is 7.65. The fraction of sp³-hybridized carbons (Fsp3) is 0.500. The van der Waals surface area contributed by atoms with Crippen molar-refractivity contribution in [1.82, 2.24) is 10.2 Å². The molecule has 5 heteroatoms. The van der Waals surface area contributed by atoms with E-state index in [-0.39, 0.29) is 5.91 Å². The molecule has 0 saturated carbocycles. The molecule has 0 aromatic heterocycles. The number of hydrogen-bond donors (Lipinski definition) is 1. The molecule has 0 spiro atoms. The molecule has 1 aromatic carbocycles.